The van der Waals surface area contributed by atoms with Crippen molar-refractivity contribution in [2.75, 3.05) is 27.2 Å². The maximum atomic E-state index is 14.2. The Bertz CT molecular complexity index is 764. The number of hydrogen-bond acceptors (Lipinski definition) is 3. The Labute approximate surface area is 148 Å². The number of halogens is 1. The molecule has 0 radical (unpaired) electrons. The minimum Gasteiger partial charge on any atom is -0.338 e. The molecule has 2 aliphatic rings. The fourth-order valence-corrected chi connectivity index (χ4v) is 4.92. The maximum absolute atomic E-state index is 14.2. The lowest BCUT2D eigenvalue weighted by atomic mass is 9.75. The molecule has 1 aliphatic heterocycles. The number of likely N-dealkylation sites (tertiary alicyclic amines) is 1. The van der Waals surface area contributed by atoms with Crippen molar-refractivity contribution in [3.05, 3.63) is 29.6 Å². The largest absolute Gasteiger partial charge is 0.338 e. The lowest BCUT2D eigenvalue weighted by Crippen LogP contribution is -2.45. The van der Waals surface area contributed by atoms with Crippen LogP contribution in [0.15, 0.2) is 23.1 Å². The van der Waals surface area contributed by atoms with Crippen LogP contribution in [0.1, 0.15) is 42.5 Å². The van der Waals surface area contributed by atoms with Crippen molar-refractivity contribution in [2.45, 2.75) is 37.0 Å². The molecule has 1 amide bonds. The van der Waals surface area contributed by atoms with Gasteiger partial charge in [-0.1, -0.05) is 19.3 Å². The monoisotopic (exact) mass is 368 g/mol. The Morgan fingerprint density at radius 1 is 1.16 bits per heavy atom. The topological polar surface area (TPSA) is 57.7 Å². The quantitative estimate of drug-likeness (QED) is 0.824. The highest BCUT2D eigenvalue weighted by molar-refractivity contribution is 7.89. The molecule has 1 heterocycles. The van der Waals surface area contributed by atoms with Crippen molar-refractivity contribution in [3.8, 4) is 0 Å². The number of carbonyl (C=O) groups is 1. The molecular formula is C18H25FN2O3S. The summed E-state index contributed by atoms with van der Waals surface area (Å²) in [7, 11) is -0.882. The molecule has 0 N–H and O–H groups in total. The van der Waals surface area contributed by atoms with Gasteiger partial charge >= 0.3 is 0 Å². The van der Waals surface area contributed by atoms with Crippen LogP contribution in [-0.4, -0.2) is 50.7 Å². The fraction of sp³-hybridized carbons (Fsp3) is 0.611. The van der Waals surface area contributed by atoms with E-state index in [9.17, 15) is 17.6 Å². The van der Waals surface area contributed by atoms with E-state index in [1.54, 1.807) is 4.90 Å². The van der Waals surface area contributed by atoms with Crippen LogP contribution >= 0.6 is 0 Å². The third-order valence-electron chi connectivity index (χ3n) is 5.53. The lowest BCUT2D eigenvalue weighted by Gasteiger charge is -2.41. The number of sulfonamides is 1. The second-order valence-electron chi connectivity index (χ2n) is 7.27. The molecule has 1 saturated heterocycles. The van der Waals surface area contributed by atoms with Gasteiger partial charge < -0.3 is 4.90 Å². The van der Waals surface area contributed by atoms with Crippen molar-refractivity contribution < 1.29 is 17.6 Å². The van der Waals surface area contributed by atoms with Gasteiger partial charge in [-0.15, -0.1) is 0 Å². The molecule has 3 rings (SSSR count). The number of fused-ring (bicyclic) bond motifs is 1. The number of rotatable bonds is 3. The Morgan fingerprint density at radius 2 is 1.84 bits per heavy atom. The van der Waals surface area contributed by atoms with E-state index in [-0.39, 0.29) is 10.5 Å². The van der Waals surface area contributed by atoms with E-state index >= 15 is 0 Å². The van der Waals surface area contributed by atoms with Gasteiger partial charge in [-0.25, -0.2) is 17.1 Å². The van der Waals surface area contributed by atoms with Crippen molar-refractivity contribution >= 4 is 15.9 Å². The highest BCUT2D eigenvalue weighted by Crippen LogP contribution is 2.36. The van der Waals surface area contributed by atoms with Crippen LogP contribution in [0.5, 0.6) is 0 Å². The SMILES string of the molecule is CN(C)S(=O)(=O)c1ccc(F)c(C(=O)N2CC[C@H]3CCCC[C@@H]3C2)c1. The van der Waals surface area contributed by atoms with Gasteiger partial charge in [0.15, 0.2) is 0 Å². The van der Waals surface area contributed by atoms with E-state index in [2.05, 4.69) is 0 Å². The number of nitrogens with zero attached hydrogens (tertiary/aromatic N) is 2. The van der Waals surface area contributed by atoms with Crippen molar-refractivity contribution in [2.24, 2.45) is 11.8 Å². The van der Waals surface area contributed by atoms with E-state index in [1.165, 1.54) is 45.5 Å². The van der Waals surface area contributed by atoms with Crippen molar-refractivity contribution in [1.82, 2.24) is 9.21 Å². The third kappa shape index (κ3) is 3.58. The van der Waals surface area contributed by atoms with Gasteiger partial charge in [-0.2, -0.15) is 0 Å². The average Bonchev–Trinajstić information content (AvgIpc) is 2.60. The first-order chi connectivity index (χ1) is 11.8. The second kappa shape index (κ2) is 7.03. The van der Waals surface area contributed by atoms with E-state index in [0.29, 0.717) is 24.9 Å². The molecule has 2 atom stereocenters. The smallest absolute Gasteiger partial charge is 0.256 e. The fourth-order valence-electron chi connectivity index (χ4n) is 4.00. The standard InChI is InChI=1S/C18H25FN2O3S/c1-20(2)25(23,24)15-7-8-17(19)16(11-15)18(22)21-10-9-13-5-3-4-6-14(13)12-21/h7-8,11,13-14H,3-6,9-10,12H2,1-2H3/t13-,14-/m1/s1. The van der Waals surface area contributed by atoms with E-state index in [0.717, 1.165) is 23.2 Å². The zero-order chi connectivity index (χ0) is 18.2. The maximum Gasteiger partial charge on any atom is 0.256 e. The van der Waals surface area contributed by atoms with Gasteiger partial charge in [0.1, 0.15) is 5.82 Å². The summed E-state index contributed by atoms with van der Waals surface area (Å²) >= 11 is 0. The molecule has 5 nitrogen and oxygen atoms in total. The van der Waals surface area contributed by atoms with Crippen LogP contribution in [-0.2, 0) is 10.0 Å². The number of benzene rings is 1. The van der Waals surface area contributed by atoms with Gasteiger partial charge in [0.2, 0.25) is 10.0 Å². The first-order valence-electron chi connectivity index (χ1n) is 8.82. The molecule has 7 heteroatoms. The Kier molecular flexibility index (Phi) is 5.16. The molecule has 1 aliphatic carbocycles. The van der Waals surface area contributed by atoms with Gasteiger partial charge in [0, 0.05) is 27.2 Å². The Hall–Kier alpha value is -1.47. The van der Waals surface area contributed by atoms with Crippen LogP contribution in [0.25, 0.3) is 0 Å². The predicted octanol–water partition coefficient (Wildman–Crippen LogP) is 2.73. The van der Waals surface area contributed by atoms with Crippen LogP contribution in [0.2, 0.25) is 0 Å². The van der Waals surface area contributed by atoms with Crippen LogP contribution in [0.4, 0.5) is 4.39 Å². The number of piperidine rings is 1. The normalized spacial score (nSPS) is 24.2. The van der Waals surface area contributed by atoms with Crippen LogP contribution in [0, 0.1) is 17.7 Å². The molecule has 0 bridgehead atoms. The van der Waals surface area contributed by atoms with Crippen molar-refractivity contribution in [1.29, 1.82) is 0 Å². The van der Waals surface area contributed by atoms with Crippen LogP contribution in [0.3, 0.4) is 0 Å². The number of carbonyl (C=O) groups excluding carboxylic acids is 1. The molecule has 1 saturated carbocycles. The highest BCUT2D eigenvalue weighted by Gasteiger charge is 2.34. The second-order valence-corrected chi connectivity index (χ2v) is 9.43. The predicted molar refractivity (Wildman–Crippen MR) is 93.2 cm³/mol. The summed E-state index contributed by atoms with van der Waals surface area (Å²) in [5, 5.41) is 0. The highest BCUT2D eigenvalue weighted by atomic mass is 32.2. The molecule has 0 unspecified atom stereocenters. The molecule has 0 spiro atoms. The van der Waals surface area contributed by atoms with E-state index in [1.807, 2.05) is 0 Å². The van der Waals surface area contributed by atoms with Gasteiger partial charge in [0.25, 0.3) is 5.91 Å². The molecule has 2 fully saturated rings. The van der Waals surface area contributed by atoms with E-state index in [4.69, 9.17) is 0 Å². The molecule has 1 aromatic rings. The summed E-state index contributed by atoms with van der Waals surface area (Å²) in [4.78, 5) is 14.5. The van der Waals surface area contributed by atoms with Gasteiger partial charge in [0.05, 0.1) is 10.5 Å². The zero-order valence-corrected chi connectivity index (χ0v) is 15.6. The summed E-state index contributed by atoms with van der Waals surface area (Å²) in [5.41, 5.74) is -0.155. The first-order valence-corrected chi connectivity index (χ1v) is 10.3. The summed E-state index contributed by atoms with van der Waals surface area (Å²) in [6.45, 7) is 1.26. The third-order valence-corrected chi connectivity index (χ3v) is 7.34. The van der Waals surface area contributed by atoms with E-state index < -0.39 is 21.7 Å². The minimum absolute atomic E-state index is 0.0604. The summed E-state index contributed by atoms with van der Waals surface area (Å²) in [5.74, 6) is 0.0807. The first kappa shape index (κ1) is 18.3. The Balaban J connectivity index is 1.85. The van der Waals surface area contributed by atoms with Crippen LogP contribution < -0.4 is 0 Å². The van der Waals surface area contributed by atoms with Gasteiger partial charge in [-0.3, -0.25) is 4.79 Å². The number of hydrogen-bond donors (Lipinski definition) is 0. The summed E-state index contributed by atoms with van der Waals surface area (Å²) in [6, 6.07) is 3.44. The van der Waals surface area contributed by atoms with Crippen molar-refractivity contribution in [3.63, 3.8) is 0 Å². The molecule has 0 aromatic heterocycles. The molecule has 25 heavy (non-hydrogen) atoms. The van der Waals surface area contributed by atoms with Gasteiger partial charge in [-0.05, 0) is 42.9 Å². The average molecular weight is 368 g/mol. The summed E-state index contributed by atoms with van der Waals surface area (Å²) in [6.07, 6.45) is 5.74. The Morgan fingerprint density at radius 3 is 2.52 bits per heavy atom. The summed E-state index contributed by atoms with van der Waals surface area (Å²) < 4.78 is 39.8. The number of amides is 1. The molecule has 1 aromatic carbocycles. The zero-order valence-electron chi connectivity index (χ0n) is 14.7. The lowest BCUT2D eigenvalue weighted by molar-refractivity contribution is 0.0516. The minimum atomic E-state index is -3.70. The molecular weight excluding hydrogens is 343 g/mol. The molecule has 138 valence electrons.